The molecule has 2 unspecified atom stereocenters. The first kappa shape index (κ1) is 16.4. The van der Waals surface area contributed by atoms with Crippen molar-refractivity contribution in [2.45, 2.75) is 32.5 Å². The number of hydrogen-bond donors (Lipinski definition) is 0. The minimum absolute atomic E-state index is 0.0705. The van der Waals surface area contributed by atoms with Crippen LogP contribution in [0.1, 0.15) is 20.3 Å². The Morgan fingerprint density at radius 1 is 0.762 bits per heavy atom. The zero-order chi connectivity index (χ0) is 15.2. The molecule has 0 N–H and O–H groups in total. The molecule has 0 aliphatic rings. The summed E-state index contributed by atoms with van der Waals surface area (Å²) in [6, 6.07) is 15.7. The van der Waals surface area contributed by atoms with Crippen LogP contribution in [0.2, 0.25) is 0 Å². The summed E-state index contributed by atoms with van der Waals surface area (Å²) in [4.78, 5) is 0. The summed E-state index contributed by atoms with van der Waals surface area (Å²) in [6.45, 7) is 4.11. The Bertz CT molecular complexity index is 535. The summed E-state index contributed by atoms with van der Waals surface area (Å²) >= 11 is 6.98. The highest BCUT2D eigenvalue weighted by Gasteiger charge is 2.13. The van der Waals surface area contributed by atoms with Gasteiger partial charge in [0.25, 0.3) is 0 Å². The second kappa shape index (κ2) is 7.85. The van der Waals surface area contributed by atoms with Gasteiger partial charge in [0.2, 0.25) is 0 Å². The molecule has 0 saturated carbocycles. The van der Waals surface area contributed by atoms with Gasteiger partial charge in [0, 0.05) is 6.42 Å². The van der Waals surface area contributed by atoms with Gasteiger partial charge in [0.05, 0.1) is 21.2 Å². The molecule has 0 heterocycles. The molecular weight excluding hydrogens is 396 g/mol. The first-order chi connectivity index (χ1) is 10.1. The molecule has 21 heavy (non-hydrogen) atoms. The Kier molecular flexibility index (Phi) is 6.12. The summed E-state index contributed by atoms with van der Waals surface area (Å²) in [5.41, 5.74) is 0. The van der Waals surface area contributed by atoms with E-state index >= 15 is 0 Å². The predicted octanol–water partition coefficient (Wildman–Crippen LogP) is 5.84. The van der Waals surface area contributed by atoms with Gasteiger partial charge in [0.1, 0.15) is 11.5 Å². The summed E-state index contributed by atoms with van der Waals surface area (Å²) in [5, 5.41) is 0. The highest BCUT2D eigenvalue weighted by molar-refractivity contribution is 9.10. The molecule has 2 aromatic rings. The van der Waals surface area contributed by atoms with Crippen LogP contribution >= 0.6 is 31.9 Å². The van der Waals surface area contributed by atoms with E-state index in [0.717, 1.165) is 26.9 Å². The second-order valence-electron chi connectivity index (χ2n) is 4.95. The average molecular weight is 414 g/mol. The molecule has 0 fully saturated rings. The predicted molar refractivity (Wildman–Crippen MR) is 93.1 cm³/mol. The summed E-state index contributed by atoms with van der Waals surface area (Å²) in [6.07, 6.45) is 0.949. The van der Waals surface area contributed by atoms with E-state index in [4.69, 9.17) is 9.47 Å². The van der Waals surface area contributed by atoms with Gasteiger partial charge in [-0.05, 0) is 70.0 Å². The third kappa shape index (κ3) is 5.04. The zero-order valence-corrected chi connectivity index (χ0v) is 15.2. The summed E-state index contributed by atoms with van der Waals surface area (Å²) in [7, 11) is 0. The van der Waals surface area contributed by atoms with Crippen molar-refractivity contribution in [1.82, 2.24) is 0 Å². The molecule has 112 valence electrons. The van der Waals surface area contributed by atoms with Crippen molar-refractivity contribution >= 4 is 31.9 Å². The molecule has 0 bridgehead atoms. The van der Waals surface area contributed by atoms with E-state index in [1.165, 1.54) is 0 Å². The lowest BCUT2D eigenvalue weighted by molar-refractivity contribution is 0.130. The smallest absolute Gasteiger partial charge is 0.133 e. The monoisotopic (exact) mass is 412 g/mol. The molecule has 0 aromatic heterocycles. The van der Waals surface area contributed by atoms with Gasteiger partial charge >= 0.3 is 0 Å². The normalized spacial score (nSPS) is 13.5. The quantitative estimate of drug-likeness (QED) is 0.592. The van der Waals surface area contributed by atoms with E-state index in [-0.39, 0.29) is 12.2 Å². The standard InChI is InChI=1S/C17H18Br2O2/c1-12(20-16-9-5-3-7-14(16)18)11-13(2)21-17-10-6-4-8-15(17)19/h3-10,12-13H,11H2,1-2H3. The van der Waals surface area contributed by atoms with Crippen molar-refractivity contribution < 1.29 is 9.47 Å². The topological polar surface area (TPSA) is 18.5 Å². The number of ether oxygens (including phenoxy) is 2. The largest absolute Gasteiger partial charge is 0.489 e. The van der Waals surface area contributed by atoms with Crippen LogP contribution < -0.4 is 9.47 Å². The molecule has 0 saturated heterocycles. The van der Waals surface area contributed by atoms with Crippen molar-refractivity contribution in [3.05, 3.63) is 57.5 Å². The molecule has 0 aliphatic carbocycles. The summed E-state index contributed by atoms with van der Waals surface area (Å²) < 4.78 is 13.8. The fourth-order valence-electron chi connectivity index (χ4n) is 2.08. The van der Waals surface area contributed by atoms with Crippen molar-refractivity contribution in [3.63, 3.8) is 0 Å². The van der Waals surface area contributed by atoms with Gasteiger partial charge < -0.3 is 9.47 Å². The van der Waals surface area contributed by atoms with Crippen molar-refractivity contribution in [2.24, 2.45) is 0 Å². The van der Waals surface area contributed by atoms with E-state index in [1.54, 1.807) is 0 Å². The summed E-state index contributed by atoms with van der Waals surface area (Å²) in [5.74, 6) is 1.72. The van der Waals surface area contributed by atoms with Gasteiger partial charge in [-0.3, -0.25) is 0 Å². The second-order valence-corrected chi connectivity index (χ2v) is 6.66. The van der Waals surface area contributed by atoms with Crippen LogP contribution in [0, 0.1) is 0 Å². The Labute approximate surface area is 142 Å². The van der Waals surface area contributed by atoms with Gasteiger partial charge in [-0.15, -0.1) is 0 Å². The van der Waals surface area contributed by atoms with E-state index in [9.17, 15) is 0 Å². The van der Waals surface area contributed by atoms with Gasteiger partial charge in [0.15, 0.2) is 0 Å². The highest BCUT2D eigenvalue weighted by Crippen LogP contribution is 2.27. The third-order valence-electron chi connectivity index (χ3n) is 2.99. The minimum atomic E-state index is 0.0705. The molecule has 0 radical (unpaired) electrons. The molecular formula is C17H18Br2O2. The lowest BCUT2D eigenvalue weighted by atomic mass is 10.2. The molecule has 2 aromatic carbocycles. The van der Waals surface area contributed by atoms with Crippen molar-refractivity contribution in [2.75, 3.05) is 0 Å². The number of hydrogen-bond acceptors (Lipinski definition) is 2. The first-order valence-electron chi connectivity index (χ1n) is 6.88. The van der Waals surface area contributed by atoms with E-state index in [1.807, 2.05) is 48.5 Å². The highest BCUT2D eigenvalue weighted by atomic mass is 79.9. The van der Waals surface area contributed by atoms with E-state index in [2.05, 4.69) is 45.7 Å². The van der Waals surface area contributed by atoms with Crippen LogP contribution in [-0.4, -0.2) is 12.2 Å². The third-order valence-corrected chi connectivity index (χ3v) is 4.30. The lowest BCUT2D eigenvalue weighted by Crippen LogP contribution is -2.23. The zero-order valence-electron chi connectivity index (χ0n) is 12.1. The molecule has 2 rings (SSSR count). The molecule has 2 nitrogen and oxygen atoms in total. The van der Waals surface area contributed by atoms with Gasteiger partial charge in [-0.2, -0.15) is 0 Å². The maximum absolute atomic E-state index is 5.95. The Morgan fingerprint density at radius 2 is 1.14 bits per heavy atom. The minimum Gasteiger partial charge on any atom is -0.489 e. The van der Waals surface area contributed by atoms with Crippen molar-refractivity contribution in [3.8, 4) is 11.5 Å². The fourth-order valence-corrected chi connectivity index (χ4v) is 2.83. The van der Waals surface area contributed by atoms with E-state index < -0.39 is 0 Å². The Morgan fingerprint density at radius 3 is 1.52 bits per heavy atom. The molecule has 0 aliphatic heterocycles. The Hall–Kier alpha value is -1.00. The van der Waals surface area contributed by atoms with Crippen LogP contribution in [0.4, 0.5) is 0 Å². The van der Waals surface area contributed by atoms with Crippen molar-refractivity contribution in [1.29, 1.82) is 0 Å². The van der Waals surface area contributed by atoms with Crippen LogP contribution in [-0.2, 0) is 0 Å². The SMILES string of the molecule is CC(CC(C)Oc1ccccc1Br)Oc1ccccc1Br. The Balaban J connectivity index is 1.89. The molecule has 4 heteroatoms. The lowest BCUT2D eigenvalue weighted by Gasteiger charge is -2.21. The van der Waals surface area contributed by atoms with Gasteiger partial charge in [-0.1, -0.05) is 24.3 Å². The first-order valence-corrected chi connectivity index (χ1v) is 8.47. The van der Waals surface area contributed by atoms with E-state index in [0.29, 0.717) is 0 Å². The molecule has 0 spiro atoms. The maximum atomic E-state index is 5.95. The maximum Gasteiger partial charge on any atom is 0.133 e. The number of benzene rings is 2. The average Bonchev–Trinajstić information content (AvgIpc) is 2.44. The van der Waals surface area contributed by atoms with Crippen LogP contribution in [0.15, 0.2) is 57.5 Å². The molecule has 0 amide bonds. The number of halogens is 2. The number of para-hydroxylation sites is 2. The molecule has 2 atom stereocenters. The van der Waals surface area contributed by atoms with Crippen LogP contribution in [0.25, 0.3) is 0 Å². The van der Waals surface area contributed by atoms with Crippen LogP contribution in [0.5, 0.6) is 11.5 Å². The fraction of sp³-hybridized carbons (Fsp3) is 0.294. The van der Waals surface area contributed by atoms with Gasteiger partial charge in [-0.25, -0.2) is 0 Å². The van der Waals surface area contributed by atoms with Crippen LogP contribution in [0.3, 0.4) is 0 Å². The number of rotatable bonds is 6.